The third-order valence-electron chi connectivity index (χ3n) is 2.65. The molecule has 0 aromatic heterocycles. The first-order chi connectivity index (χ1) is 10.2. The molecule has 22 heavy (non-hydrogen) atoms. The van der Waals surface area contributed by atoms with Crippen LogP contribution in [0.5, 0.6) is 0 Å². The molecule has 0 aliphatic heterocycles. The van der Waals surface area contributed by atoms with E-state index in [0.717, 1.165) is 6.92 Å². The van der Waals surface area contributed by atoms with Crippen LogP contribution < -0.4 is 16.0 Å². The molecule has 1 rings (SSSR count). The van der Waals surface area contributed by atoms with Crippen LogP contribution in [0, 0.1) is 0 Å². The second-order valence-corrected chi connectivity index (χ2v) is 4.81. The summed E-state index contributed by atoms with van der Waals surface area (Å²) in [6, 6.07) is 3.49. The Morgan fingerprint density at radius 2 is 1.77 bits per heavy atom. The number of amides is 3. The van der Waals surface area contributed by atoms with E-state index >= 15 is 0 Å². The first kappa shape index (κ1) is 18.1. The Bertz CT molecular complexity index is 538. The van der Waals surface area contributed by atoms with Gasteiger partial charge in [0.25, 0.3) is 5.91 Å². The van der Waals surface area contributed by atoms with Crippen molar-refractivity contribution in [2.45, 2.75) is 19.1 Å². The van der Waals surface area contributed by atoms with Gasteiger partial charge in [0.1, 0.15) is 6.04 Å². The molecule has 1 aromatic carbocycles. The summed E-state index contributed by atoms with van der Waals surface area (Å²) in [5, 5.41) is 6.72. The van der Waals surface area contributed by atoms with Crippen molar-refractivity contribution in [1.29, 1.82) is 0 Å². The van der Waals surface area contributed by atoms with E-state index in [9.17, 15) is 22.8 Å². The van der Waals surface area contributed by atoms with Crippen LogP contribution >= 0.6 is 11.6 Å². The van der Waals surface area contributed by atoms with Crippen molar-refractivity contribution in [3.63, 3.8) is 0 Å². The van der Waals surface area contributed by atoms with Gasteiger partial charge in [-0.3, -0.25) is 4.79 Å². The number of hydrogen-bond donors (Lipinski definition) is 3. The topological polar surface area (TPSA) is 70.2 Å². The van der Waals surface area contributed by atoms with Crippen LogP contribution in [0.2, 0.25) is 5.02 Å². The summed E-state index contributed by atoms with van der Waals surface area (Å²) < 4.78 is 36.7. The van der Waals surface area contributed by atoms with Gasteiger partial charge in [-0.2, -0.15) is 13.2 Å². The van der Waals surface area contributed by atoms with Gasteiger partial charge in [0.15, 0.2) is 0 Å². The van der Waals surface area contributed by atoms with Crippen molar-refractivity contribution in [1.82, 2.24) is 16.0 Å². The average molecular weight is 338 g/mol. The number of benzene rings is 1. The number of halogens is 4. The van der Waals surface area contributed by atoms with Crippen LogP contribution in [-0.2, 0) is 0 Å². The van der Waals surface area contributed by atoms with E-state index in [0.29, 0.717) is 0 Å². The van der Waals surface area contributed by atoms with Crippen molar-refractivity contribution >= 4 is 23.5 Å². The molecule has 0 bridgehead atoms. The fraction of sp³-hybridized carbons (Fsp3) is 0.385. The molecule has 9 heteroatoms. The molecule has 0 aliphatic rings. The predicted octanol–water partition coefficient (Wildman–Crippen LogP) is 2.32. The Morgan fingerprint density at radius 3 is 2.36 bits per heavy atom. The van der Waals surface area contributed by atoms with Crippen LogP contribution in [0.25, 0.3) is 0 Å². The zero-order valence-electron chi connectivity index (χ0n) is 11.6. The maximum atomic E-state index is 12.2. The second-order valence-electron chi connectivity index (χ2n) is 4.40. The summed E-state index contributed by atoms with van der Waals surface area (Å²) in [5.41, 5.74) is 0.277. The van der Waals surface area contributed by atoms with Crippen molar-refractivity contribution in [3.05, 3.63) is 34.9 Å². The zero-order valence-corrected chi connectivity index (χ0v) is 12.4. The molecule has 1 unspecified atom stereocenters. The van der Waals surface area contributed by atoms with Gasteiger partial charge in [-0.05, 0) is 19.1 Å². The molecule has 0 heterocycles. The van der Waals surface area contributed by atoms with E-state index in [-0.39, 0.29) is 23.7 Å². The first-order valence-electron chi connectivity index (χ1n) is 6.35. The smallest absolute Gasteiger partial charge is 0.350 e. The molecule has 1 aromatic rings. The summed E-state index contributed by atoms with van der Waals surface area (Å²) in [6.45, 7) is 0.864. The lowest BCUT2D eigenvalue weighted by Crippen LogP contribution is -2.48. The van der Waals surface area contributed by atoms with Crippen LogP contribution in [0.4, 0.5) is 18.0 Å². The van der Waals surface area contributed by atoms with E-state index in [1.54, 1.807) is 23.5 Å². The standard InChI is InChI=1S/C13H15ClF3N3O2/c1-8(13(15,16)17)20-12(22)19-7-6-18-11(21)9-4-2-3-5-10(9)14/h2-5,8H,6-7H2,1H3,(H,18,21)(H2,19,20,22). The van der Waals surface area contributed by atoms with Gasteiger partial charge >= 0.3 is 12.2 Å². The highest BCUT2D eigenvalue weighted by Crippen LogP contribution is 2.19. The molecule has 0 spiro atoms. The molecule has 0 saturated heterocycles. The van der Waals surface area contributed by atoms with Crippen molar-refractivity contribution < 1.29 is 22.8 Å². The molecule has 1 atom stereocenters. The number of carbonyl (C=O) groups excluding carboxylic acids is 2. The van der Waals surface area contributed by atoms with Crippen molar-refractivity contribution in [3.8, 4) is 0 Å². The van der Waals surface area contributed by atoms with Crippen molar-refractivity contribution in [2.24, 2.45) is 0 Å². The summed E-state index contributed by atoms with van der Waals surface area (Å²) in [4.78, 5) is 23.0. The average Bonchev–Trinajstić information content (AvgIpc) is 2.42. The number of rotatable bonds is 5. The highest BCUT2D eigenvalue weighted by atomic mass is 35.5. The van der Waals surface area contributed by atoms with Gasteiger partial charge in [0.2, 0.25) is 0 Å². The molecular weight excluding hydrogens is 323 g/mol. The fourth-order valence-electron chi connectivity index (χ4n) is 1.42. The summed E-state index contributed by atoms with van der Waals surface area (Å²) >= 11 is 5.84. The maximum absolute atomic E-state index is 12.2. The number of carbonyl (C=O) groups is 2. The number of alkyl halides is 3. The van der Waals surface area contributed by atoms with Crippen LogP contribution in [-0.4, -0.2) is 37.2 Å². The minimum Gasteiger partial charge on any atom is -0.350 e. The van der Waals surface area contributed by atoms with Crippen LogP contribution in [0.15, 0.2) is 24.3 Å². The van der Waals surface area contributed by atoms with Gasteiger partial charge in [0.05, 0.1) is 10.6 Å². The second kappa shape index (κ2) is 7.88. The Hall–Kier alpha value is -1.96. The van der Waals surface area contributed by atoms with Crippen LogP contribution in [0.3, 0.4) is 0 Å². The summed E-state index contributed by atoms with van der Waals surface area (Å²) in [6.07, 6.45) is -4.50. The number of nitrogens with one attached hydrogen (secondary N) is 3. The zero-order chi connectivity index (χ0) is 16.8. The Balaban J connectivity index is 2.30. The lowest BCUT2D eigenvalue weighted by molar-refractivity contribution is -0.148. The predicted molar refractivity (Wildman–Crippen MR) is 75.8 cm³/mol. The first-order valence-corrected chi connectivity index (χ1v) is 6.73. The van der Waals surface area contributed by atoms with Crippen LogP contribution in [0.1, 0.15) is 17.3 Å². The van der Waals surface area contributed by atoms with E-state index < -0.39 is 24.2 Å². The molecule has 3 amide bonds. The summed E-state index contributed by atoms with van der Waals surface area (Å²) in [7, 11) is 0. The molecule has 0 radical (unpaired) electrons. The lowest BCUT2D eigenvalue weighted by Gasteiger charge is -2.17. The van der Waals surface area contributed by atoms with E-state index in [2.05, 4.69) is 10.6 Å². The van der Waals surface area contributed by atoms with E-state index in [1.807, 2.05) is 0 Å². The summed E-state index contributed by atoms with van der Waals surface area (Å²) in [5.74, 6) is -0.434. The molecule has 5 nitrogen and oxygen atoms in total. The normalized spacial score (nSPS) is 12.4. The molecule has 0 fully saturated rings. The molecule has 3 N–H and O–H groups in total. The third kappa shape index (κ3) is 5.80. The molecule has 0 saturated carbocycles. The molecule has 0 aliphatic carbocycles. The third-order valence-corrected chi connectivity index (χ3v) is 2.98. The monoisotopic (exact) mass is 337 g/mol. The Morgan fingerprint density at radius 1 is 1.18 bits per heavy atom. The lowest BCUT2D eigenvalue weighted by atomic mass is 10.2. The molecule has 122 valence electrons. The van der Waals surface area contributed by atoms with Crippen molar-refractivity contribution in [2.75, 3.05) is 13.1 Å². The highest BCUT2D eigenvalue weighted by Gasteiger charge is 2.36. The van der Waals surface area contributed by atoms with Gasteiger partial charge in [-0.1, -0.05) is 23.7 Å². The number of hydrogen-bond acceptors (Lipinski definition) is 2. The molecular formula is C13H15ClF3N3O2. The maximum Gasteiger partial charge on any atom is 0.408 e. The number of urea groups is 1. The fourth-order valence-corrected chi connectivity index (χ4v) is 1.64. The largest absolute Gasteiger partial charge is 0.408 e. The minimum absolute atomic E-state index is 0.0212. The van der Waals surface area contributed by atoms with E-state index in [1.165, 1.54) is 6.07 Å². The van der Waals surface area contributed by atoms with Gasteiger partial charge in [0, 0.05) is 13.1 Å². The van der Waals surface area contributed by atoms with Gasteiger partial charge in [-0.15, -0.1) is 0 Å². The Kier molecular flexibility index (Phi) is 6.48. The van der Waals surface area contributed by atoms with Gasteiger partial charge in [-0.25, -0.2) is 4.79 Å². The minimum atomic E-state index is -4.50. The Labute approximate surface area is 130 Å². The quantitative estimate of drug-likeness (QED) is 0.722. The van der Waals surface area contributed by atoms with E-state index in [4.69, 9.17) is 11.6 Å². The SMILES string of the molecule is CC(NC(=O)NCCNC(=O)c1ccccc1Cl)C(F)(F)F. The highest BCUT2D eigenvalue weighted by molar-refractivity contribution is 6.33. The van der Waals surface area contributed by atoms with Gasteiger partial charge < -0.3 is 16.0 Å².